The fourth-order valence-corrected chi connectivity index (χ4v) is 3.19. The number of carbonyl (C=O) groups is 1. The topological polar surface area (TPSA) is 38.3 Å². The smallest absolute Gasteiger partial charge is 0.255 e. The van der Waals surface area contributed by atoms with Gasteiger partial charge in [-0.3, -0.25) is 4.79 Å². The summed E-state index contributed by atoms with van der Waals surface area (Å²) in [5, 5.41) is 2.85. The van der Waals surface area contributed by atoms with Gasteiger partial charge in [-0.25, -0.2) is 0 Å². The van der Waals surface area contributed by atoms with Gasteiger partial charge in [0, 0.05) is 22.0 Å². The molecule has 1 amide bonds. The van der Waals surface area contributed by atoms with Gasteiger partial charge in [-0.15, -0.1) is 11.6 Å². The van der Waals surface area contributed by atoms with Crippen LogP contribution >= 0.6 is 43.5 Å². The molecular weight excluding hydrogens is 421 g/mol. The van der Waals surface area contributed by atoms with E-state index in [-0.39, 0.29) is 5.91 Å². The molecule has 0 aliphatic carbocycles. The summed E-state index contributed by atoms with van der Waals surface area (Å²) in [4.78, 5) is 12.3. The SMILES string of the molecule is COc1cc(NC(=O)c2cccc(CCl)c2)c(Br)cc1Br. The van der Waals surface area contributed by atoms with Gasteiger partial charge in [0.05, 0.1) is 17.3 Å². The lowest BCUT2D eigenvalue weighted by Gasteiger charge is -2.11. The van der Waals surface area contributed by atoms with Crippen LogP contribution in [0, 0.1) is 0 Å². The Hall–Kier alpha value is -1.04. The summed E-state index contributed by atoms with van der Waals surface area (Å²) in [6.45, 7) is 0. The number of anilines is 1. The number of nitrogens with one attached hydrogen (secondary N) is 1. The fraction of sp³-hybridized carbons (Fsp3) is 0.133. The van der Waals surface area contributed by atoms with Gasteiger partial charge in [0.15, 0.2) is 0 Å². The molecule has 0 atom stereocenters. The van der Waals surface area contributed by atoms with Crippen molar-refractivity contribution in [3.05, 3.63) is 56.5 Å². The number of alkyl halides is 1. The summed E-state index contributed by atoms with van der Waals surface area (Å²) < 4.78 is 6.79. The number of ether oxygens (including phenoxy) is 1. The van der Waals surface area contributed by atoms with Gasteiger partial charge in [-0.2, -0.15) is 0 Å². The molecule has 0 aliphatic rings. The highest BCUT2D eigenvalue weighted by Crippen LogP contribution is 2.34. The van der Waals surface area contributed by atoms with E-state index in [0.29, 0.717) is 22.9 Å². The summed E-state index contributed by atoms with van der Waals surface area (Å²) in [6, 6.07) is 10.8. The number of hydrogen-bond acceptors (Lipinski definition) is 2. The first-order chi connectivity index (χ1) is 10.0. The van der Waals surface area contributed by atoms with E-state index < -0.39 is 0 Å². The Morgan fingerprint density at radius 2 is 2.00 bits per heavy atom. The zero-order valence-electron chi connectivity index (χ0n) is 11.1. The monoisotopic (exact) mass is 431 g/mol. The molecule has 6 heteroatoms. The minimum absolute atomic E-state index is 0.202. The molecule has 0 spiro atoms. The minimum atomic E-state index is -0.202. The first-order valence-corrected chi connectivity index (χ1v) is 8.16. The van der Waals surface area contributed by atoms with Crippen LogP contribution in [0.3, 0.4) is 0 Å². The Bertz CT molecular complexity index is 677. The van der Waals surface area contributed by atoms with E-state index in [2.05, 4.69) is 37.2 Å². The van der Waals surface area contributed by atoms with Gasteiger partial charge in [-0.05, 0) is 55.6 Å². The van der Waals surface area contributed by atoms with Crippen LogP contribution in [0.4, 0.5) is 5.69 Å². The lowest BCUT2D eigenvalue weighted by Crippen LogP contribution is -2.12. The van der Waals surface area contributed by atoms with Crippen molar-refractivity contribution in [2.75, 3.05) is 12.4 Å². The van der Waals surface area contributed by atoms with Gasteiger partial charge in [0.2, 0.25) is 0 Å². The number of carbonyl (C=O) groups excluding carboxylic acids is 1. The Morgan fingerprint density at radius 3 is 2.67 bits per heavy atom. The van der Waals surface area contributed by atoms with E-state index in [1.807, 2.05) is 18.2 Å². The number of benzene rings is 2. The van der Waals surface area contributed by atoms with Crippen molar-refractivity contribution in [3.63, 3.8) is 0 Å². The van der Waals surface area contributed by atoms with Crippen molar-refractivity contribution < 1.29 is 9.53 Å². The van der Waals surface area contributed by atoms with E-state index in [4.69, 9.17) is 16.3 Å². The minimum Gasteiger partial charge on any atom is -0.495 e. The maximum Gasteiger partial charge on any atom is 0.255 e. The molecule has 0 radical (unpaired) electrons. The van der Waals surface area contributed by atoms with E-state index in [9.17, 15) is 4.79 Å². The molecule has 0 aromatic heterocycles. The van der Waals surface area contributed by atoms with E-state index in [0.717, 1.165) is 14.5 Å². The third kappa shape index (κ3) is 3.99. The van der Waals surface area contributed by atoms with Gasteiger partial charge in [0.1, 0.15) is 5.75 Å². The maximum atomic E-state index is 12.3. The van der Waals surface area contributed by atoms with Crippen LogP contribution in [-0.4, -0.2) is 13.0 Å². The zero-order valence-corrected chi connectivity index (χ0v) is 15.0. The number of methoxy groups -OCH3 is 1. The molecule has 0 saturated carbocycles. The molecule has 0 unspecified atom stereocenters. The molecule has 0 aliphatic heterocycles. The summed E-state index contributed by atoms with van der Waals surface area (Å²) in [5.41, 5.74) is 2.09. The second-order valence-corrected chi connectivity index (χ2v) is 6.23. The molecule has 0 fully saturated rings. The molecule has 1 N–H and O–H groups in total. The zero-order chi connectivity index (χ0) is 15.4. The van der Waals surface area contributed by atoms with Crippen molar-refractivity contribution >= 4 is 55.1 Å². The highest BCUT2D eigenvalue weighted by atomic mass is 79.9. The molecule has 0 saturated heterocycles. The van der Waals surface area contributed by atoms with Crippen LogP contribution in [0.15, 0.2) is 45.3 Å². The second-order valence-electron chi connectivity index (χ2n) is 4.25. The largest absolute Gasteiger partial charge is 0.495 e. The van der Waals surface area contributed by atoms with Crippen molar-refractivity contribution in [2.45, 2.75) is 5.88 Å². The standard InChI is InChI=1S/C15H12Br2ClNO2/c1-21-14-7-13(11(16)6-12(14)17)19-15(20)10-4-2-3-9(5-10)8-18/h2-7H,8H2,1H3,(H,19,20). The normalized spacial score (nSPS) is 10.3. The molecule has 2 aromatic carbocycles. The van der Waals surface area contributed by atoms with Crippen LogP contribution in [0.5, 0.6) is 5.75 Å². The number of hydrogen-bond donors (Lipinski definition) is 1. The fourth-order valence-electron chi connectivity index (χ4n) is 1.77. The summed E-state index contributed by atoms with van der Waals surface area (Å²) in [5.74, 6) is 0.812. The van der Waals surface area contributed by atoms with Gasteiger partial charge in [-0.1, -0.05) is 12.1 Å². The van der Waals surface area contributed by atoms with Crippen LogP contribution in [0.25, 0.3) is 0 Å². The molecule has 3 nitrogen and oxygen atoms in total. The third-order valence-corrected chi connectivity index (χ3v) is 4.42. The number of rotatable bonds is 4. The third-order valence-electron chi connectivity index (χ3n) is 2.83. The summed E-state index contributed by atoms with van der Waals surface area (Å²) in [7, 11) is 1.57. The lowest BCUT2D eigenvalue weighted by molar-refractivity contribution is 0.102. The first kappa shape index (κ1) is 16.3. The van der Waals surface area contributed by atoms with Crippen LogP contribution in [-0.2, 0) is 5.88 Å². The average Bonchev–Trinajstić information content (AvgIpc) is 2.50. The van der Waals surface area contributed by atoms with E-state index >= 15 is 0 Å². The predicted octanol–water partition coefficient (Wildman–Crippen LogP) is 5.21. The van der Waals surface area contributed by atoms with Crippen LogP contribution in [0.1, 0.15) is 15.9 Å². The molecular formula is C15H12Br2ClNO2. The highest BCUT2D eigenvalue weighted by Gasteiger charge is 2.12. The van der Waals surface area contributed by atoms with Gasteiger partial charge < -0.3 is 10.1 Å². The van der Waals surface area contributed by atoms with Crippen molar-refractivity contribution in [1.29, 1.82) is 0 Å². The van der Waals surface area contributed by atoms with Crippen molar-refractivity contribution in [2.24, 2.45) is 0 Å². The van der Waals surface area contributed by atoms with Crippen LogP contribution < -0.4 is 10.1 Å². The average molecular weight is 434 g/mol. The predicted molar refractivity (Wildman–Crippen MR) is 92.3 cm³/mol. The molecule has 0 bridgehead atoms. The van der Waals surface area contributed by atoms with Crippen molar-refractivity contribution in [3.8, 4) is 5.75 Å². The number of halogens is 3. The molecule has 21 heavy (non-hydrogen) atoms. The Labute approximate surface area is 144 Å². The Kier molecular flexibility index (Phi) is 5.67. The van der Waals surface area contributed by atoms with E-state index in [1.54, 1.807) is 25.3 Å². The van der Waals surface area contributed by atoms with Gasteiger partial charge in [0.25, 0.3) is 5.91 Å². The van der Waals surface area contributed by atoms with Crippen LogP contribution in [0.2, 0.25) is 0 Å². The molecule has 2 rings (SSSR count). The van der Waals surface area contributed by atoms with Crippen molar-refractivity contribution in [1.82, 2.24) is 0 Å². The maximum absolute atomic E-state index is 12.3. The Balaban J connectivity index is 2.26. The quantitative estimate of drug-likeness (QED) is 0.672. The van der Waals surface area contributed by atoms with Gasteiger partial charge >= 0.3 is 0 Å². The molecule has 0 heterocycles. The van der Waals surface area contributed by atoms with E-state index in [1.165, 1.54) is 0 Å². The highest BCUT2D eigenvalue weighted by molar-refractivity contribution is 9.11. The molecule has 110 valence electrons. The summed E-state index contributed by atoms with van der Waals surface area (Å²) >= 11 is 12.6. The second kappa shape index (κ2) is 7.29. The first-order valence-electron chi connectivity index (χ1n) is 6.04. The lowest BCUT2D eigenvalue weighted by atomic mass is 10.1. The summed E-state index contributed by atoms with van der Waals surface area (Å²) in [6.07, 6.45) is 0. The Morgan fingerprint density at radius 1 is 1.24 bits per heavy atom. The number of amides is 1. The molecule has 2 aromatic rings.